The summed E-state index contributed by atoms with van der Waals surface area (Å²) in [7, 11) is 0. The van der Waals surface area contributed by atoms with Gasteiger partial charge in [0.05, 0.1) is 6.61 Å². The highest BCUT2D eigenvalue weighted by Crippen LogP contribution is 2.29. The summed E-state index contributed by atoms with van der Waals surface area (Å²) >= 11 is 0. The van der Waals surface area contributed by atoms with Crippen LogP contribution in [0, 0.1) is 5.92 Å². The maximum absolute atomic E-state index is 11.4. The standard InChI is InChI=1S/C13H16O3/c1-9-8-15-13(16-12(9)10(2)14)11-6-4-3-5-7-11/h3-7,9,12-13H,8H2,1-2H3/t9-,12-,13-/m1/s1. The Morgan fingerprint density at radius 1 is 1.31 bits per heavy atom. The second kappa shape index (κ2) is 4.76. The van der Waals surface area contributed by atoms with Gasteiger partial charge < -0.3 is 9.47 Å². The number of rotatable bonds is 2. The monoisotopic (exact) mass is 220 g/mol. The highest BCUT2D eigenvalue weighted by molar-refractivity contribution is 5.80. The Labute approximate surface area is 95.4 Å². The molecule has 1 aromatic rings. The summed E-state index contributed by atoms with van der Waals surface area (Å²) in [6, 6.07) is 9.69. The molecule has 1 heterocycles. The van der Waals surface area contributed by atoms with Crippen LogP contribution in [0.2, 0.25) is 0 Å². The number of ether oxygens (including phenoxy) is 2. The van der Waals surface area contributed by atoms with Crippen molar-refractivity contribution in [3.8, 4) is 0 Å². The molecule has 1 aromatic carbocycles. The summed E-state index contributed by atoms with van der Waals surface area (Å²) < 4.78 is 11.3. The van der Waals surface area contributed by atoms with Gasteiger partial charge in [-0.2, -0.15) is 0 Å². The lowest BCUT2D eigenvalue weighted by molar-refractivity contribution is -0.233. The third-order valence-electron chi connectivity index (χ3n) is 2.77. The normalized spacial score (nSPS) is 30.0. The van der Waals surface area contributed by atoms with E-state index in [4.69, 9.17) is 9.47 Å². The van der Waals surface area contributed by atoms with Crippen LogP contribution >= 0.6 is 0 Å². The number of hydrogen-bond acceptors (Lipinski definition) is 3. The fraction of sp³-hybridized carbons (Fsp3) is 0.462. The van der Waals surface area contributed by atoms with Crippen LogP contribution < -0.4 is 0 Å². The second-order valence-corrected chi connectivity index (χ2v) is 4.22. The van der Waals surface area contributed by atoms with Gasteiger partial charge in [0.25, 0.3) is 0 Å². The molecule has 86 valence electrons. The summed E-state index contributed by atoms with van der Waals surface area (Å²) in [6.07, 6.45) is -0.759. The minimum Gasteiger partial charge on any atom is -0.348 e. The predicted molar refractivity (Wildman–Crippen MR) is 59.9 cm³/mol. The average molecular weight is 220 g/mol. The molecule has 3 atom stereocenters. The molecule has 0 bridgehead atoms. The number of ketones is 1. The third-order valence-corrected chi connectivity index (χ3v) is 2.77. The zero-order valence-corrected chi connectivity index (χ0v) is 9.55. The van der Waals surface area contributed by atoms with Crippen molar-refractivity contribution >= 4 is 5.78 Å². The quantitative estimate of drug-likeness (QED) is 0.767. The van der Waals surface area contributed by atoms with Crippen LogP contribution in [0.5, 0.6) is 0 Å². The average Bonchev–Trinajstić information content (AvgIpc) is 2.30. The Balaban J connectivity index is 2.12. The van der Waals surface area contributed by atoms with Crippen molar-refractivity contribution in [3.05, 3.63) is 35.9 Å². The van der Waals surface area contributed by atoms with Gasteiger partial charge in [-0.15, -0.1) is 0 Å². The molecule has 0 saturated carbocycles. The molecule has 1 aliphatic heterocycles. The highest BCUT2D eigenvalue weighted by Gasteiger charge is 2.32. The highest BCUT2D eigenvalue weighted by atomic mass is 16.7. The minimum atomic E-state index is -0.411. The molecule has 3 heteroatoms. The van der Waals surface area contributed by atoms with Gasteiger partial charge in [-0.05, 0) is 6.92 Å². The molecule has 3 nitrogen and oxygen atoms in total. The third kappa shape index (κ3) is 2.31. The molecule has 1 fully saturated rings. The van der Waals surface area contributed by atoms with E-state index in [1.165, 1.54) is 0 Å². The van der Waals surface area contributed by atoms with Gasteiger partial charge in [0.1, 0.15) is 6.10 Å². The predicted octanol–water partition coefficient (Wildman–Crippen LogP) is 2.33. The maximum Gasteiger partial charge on any atom is 0.184 e. The van der Waals surface area contributed by atoms with Gasteiger partial charge in [0.2, 0.25) is 0 Å². The Morgan fingerprint density at radius 2 is 2.00 bits per heavy atom. The number of carbonyl (C=O) groups is 1. The fourth-order valence-electron chi connectivity index (χ4n) is 1.91. The van der Waals surface area contributed by atoms with Crippen molar-refractivity contribution in [1.29, 1.82) is 0 Å². The summed E-state index contributed by atoms with van der Waals surface area (Å²) in [5.41, 5.74) is 0.959. The Hall–Kier alpha value is -1.19. The summed E-state index contributed by atoms with van der Waals surface area (Å²) in [4.78, 5) is 11.4. The lowest BCUT2D eigenvalue weighted by Crippen LogP contribution is -2.39. The molecule has 0 spiro atoms. The first-order valence-corrected chi connectivity index (χ1v) is 5.51. The first kappa shape index (κ1) is 11.3. The van der Waals surface area contributed by atoms with Crippen molar-refractivity contribution in [3.63, 3.8) is 0 Å². The van der Waals surface area contributed by atoms with Crippen molar-refractivity contribution in [2.24, 2.45) is 5.92 Å². The van der Waals surface area contributed by atoms with Gasteiger partial charge in [-0.1, -0.05) is 37.3 Å². The largest absolute Gasteiger partial charge is 0.348 e. The lowest BCUT2D eigenvalue weighted by atomic mass is 10.0. The van der Waals surface area contributed by atoms with E-state index < -0.39 is 6.29 Å². The first-order chi connectivity index (χ1) is 7.68. The second-order valence-electron chi connectivity index (χ2n) is 4.22. The number of Topliss-reactive ketones (excluding diaryl/α,β-unsaturated/α-hetero) is 1. The number of carbonyl (C=O) groups excluding carboxylic acids is 1. The van der Waals surface area contributed by atoms with Crippen LogP contribution in [-0.2, 0) is 14.3 Å². The van der Waals surface area contributed by atoms with Gasteiger partial charge in [0, 0.05) is 11.5 Å². The van der Waals surface area contributed by atoms with E-state index in [-0.39, 0.29) is 17.8 Å². The minimum absolute atomic E-state index is 0.0664. The number of hydrogen-bond donors (Lipinski definition) is 0. The van der Waals surface area contributed by atoms with Crippen molar-refractivity contribution < 1.29 is 14.3 Å². The first-order valence-electron chi connectivity index (χ1n) is 5.51. The summed E-state index contributed by atoms with van der Waals surface area (Å²) in [5, 5.41) is 0. The molecule has 0 amide bonds. The van der Waals surface area contributed by atoms with Crippen LogP contribution in [0.3, 0.4) is 0 Å². The summed E-state index contributed by atoms with van der Waals surface area (Å²) in [6.45, 7) is 4.09. The summed E-state index contributed by atoms with van der Waals surface area (Å²) in [5.74, 6) is 0.189. The van der Waals surface area contributed by atoms with E-state index in [9.17, 15) is 4.79 Å². The smallest absolute Gasteiger partial charge is 0.184 e. The molecule has 0 radical (unpaired) electrons. The van der Waals surface area contributed by atoms with E-state index in [0.717, 1.165) is 5.56 Å². The molecule has 0 aliphatic carbocycles. The van der Waals surface area contributed by atoms with E-state index in [1.807, 2.05) is 37.3 Å². The molecule has 0 aromatic heterocycles. The zero-order chi connectivity index (χ0) is 11.5. The number of benzene rings is 1. The van der Waals surface area contributed by atoms with Gasteiger partial charge >= 0.3 is 0 Å². The molecule has 16 heavy (non-hydrogen) atoms. The molecule has 0 N–H and O–H groups in total. The fourth-order valence-corrected chi connectivity index (χ4v) is 1.91. The van der Waals surface area contributed by atoms with Crippen LogP contribution in [0.1, 0.15) is 25.7 Å². The van der Waals surface area contributed by atoms with Gasteiger partial charge in [-0.3, -0.25) is 4.79 Å². The van der Waals surface area contributed by atoms with E-state index in [0.29, 0.717) is 6.61 Å². The molecule has 2 rings (SSSR count). The topological polar surface area (TPSA) is 35.5 Å². The van der Waals surface area contributed by atoms with E-state index in [2.05, 4.69) is 0 Å². The SMILES string of the molecule is CC(=O)[C@@H]1O[C@H](c2ccccc2)OC[C@H]1C. The zero-order valence-electron chi connectivity index (χ0n) is 9.55. The molecular formula is C13H16O3. The molecule has 1 saturated heterocycles. The van der Waals surface area contributed by atoms with Crippen molar-refractivity contribution in [2.45, 2.75) is 26.2 Å². The van der Waals surface area contributed by atoms with Crippen LogP contribution in [0.4, 0.5) is 0 Å². The van der Waals surface area contributed by atoms with Crippen LogP contribution in [-0.4, -0.2) is 18.5 Å². The molecular weight excluding hydrogens is 204 g/mol. The van der Waals surface area contributed by atoms with Crippen molar-refractivity contribution in [1.82, 2.24) is 0 Å². The van der Waals surface area contributed by atoms with Gasteiger partial charge in [-0.25, -0.2) is 0 Å². The Kier molecular flexibility index (Phi) is 3.36. The van der Waals surface area contributed by atoms with Crippen LogP contribution in [0.25, 0.3) is 0 Å². The molecule has 1 aliphatic rings. The van der Waals surface area contributed by atoms with Gasteiger partial charge in [0.15, 0.2) is 12.1 Å². The van der Waals surface area contributed by atoms with Crippen molar-refractivity contribution in [2.75, 3.05) is 6.61 Å². The van der Waals surface area contributed by atoms with E-state index >= 15 is 0 Å². The van der Waals surface area contributed by atoms with Crippen LogP contribution in [0.15, 0.2) is 30.3 Å². The Bertz CT molecular complexity index is 361. The lowest BCUT2D eigenvalue weighted by Gasteiger charge is -2.33. The Morgan fingerprint density at radius 3 is 2.62 bits per heavy atom. The maximum atomic E-state index is 11.4. The molecule has 0 unspecified atom stereocenters. The van der Waals surface area contributed by atoms with E-state index in [1.54, 1.807) is 6.92 Å².